The van der Waals surface area contributed by atoms with Crippen LogP contribution >= 0.6 is 0 Å². The SMILES string of the molecule is Cc1c(C)c2c(c(C)c1O)CCC(C)(CCOc1cccc(N=C(N)NN)c1)O2. The van der Waals surface area contributed by atoms with E-state index in [0.717, 1.165) is 47.3 Å². The Morgan fingerprint density at radius 3 is 2.76 bits per heavy atom. The molecule has 1 atom stereocenters. The third kappa shape index (κ3) is 4.40. The van der Waals surface area contributed by atoms with Crippen molar-refractivity contribution in [1.82, 2.24) is 5.43 Å². The van der Waals surface area contributed by atoms with Crippen LogP contribution in [0.1, 0.15) is 42.0 Å². The molecule has 0 radical (unpaired) electrons. The monoisotopic (exact) mass is 398 g/mol. The number of aliphatic imine (C=N–C) groups is 1. The molecular weight excluding hydrogens is 368 g/mol. The molecule has 156 valence electrons. The molecule has 0 spiro atoms. The van der Waals surface area contributed by atoms with E-state index < -0.39 is 0 Å². The van der Waals surface area contributed by atoms with E-state index in [0.29, 0.717) is 23.8 Å². The van der Waals surface area contributed by atoms with Crippen LogP contribution in [0.25, 0.3) is 0 Å². The van der Waals surface area contributed by atoms with Crippen LogP contribution in [0.5, 0.6) is 17.2 Å². The Balaban J connectivity index is 1.68. The quantitative estimate of drug-likeness (QED) is 0.266. The summed E-state index contributed by atoms with van der Waals surface area (Å²) in [4.78, 5) is 4.14. The van der Waals surface area contributed by atoms with Crippen LogP contribution in [0.4, 0.5) is 5.69 Å². The van der Waals surface area contributed by atoms with Crippen LogP contribution in [0.15, 0.2) is 29.3 Å². The summed E-state index contributed by atoms with van der Waals surface area (Å²) in [6.07, 6.45) is 2.49. The predicted molar refractivity (Wildman–Crippen MR) is 115 cm³/mol. The summed E-state index contributed by atoms with van der Waals surface area (Å²) in [6, 6.07) is 7.37. The zero-order valence-electron chi connectivity index (χ0n) is 17.5. The second kappa shape index (κ2) is 8.21. The molecule has 1 aliphatic rings. The van der Waals surface area contributed by atoms with Crippen LogP contribution in [0.3, 0.4) is 0 Å². The van der Waals surface area contributed by atoms with Crippen molar-refractivity contribution < 1.29 is 14.6 Å². The Morgan fingerprint density at radius 2 is 2.03 bits per heavy atom. The average molecular weight is 399 g/mol. The summed E-state index contributed by atoms with van der Waals surface area (Å²) in [5.41, 5.74) is 12.2. The van der Waals surface area contributed by atoms with Gasteiger partial charge in [-0.05, 0) is 69.4 Å². The number of nitrogens with two attached hydrogens (primary N) is 2. The first-order valence-corrected chi connectivity index (χ1v) is 9.78. The highest BCUT2D eigenvalue weighted by atomic mass is 16.5. The lowest BCUT2D eigenvalue weighted by Crippen LogP contribution is -2.38. The molecule has 3 rings (SSSR count). The summed E-state index contributed by atoms with van der Waals surface area (Å²) in [5.74, 6) is 7.38. The van der Waals surface area contributed by atoms with E-state index in [4.69, 9.17) is 21.1 Å². The van der Waals surface area contributed by atoms with Gasteiger partial charge in [-0.3, -0.25) is 5.43 Å². The van der Waals surface area contributed by atoms with E-state index in [1.807, 2.05) is 45.0 Å². The highest BCUT2D eigenvalue weighted by molar-refractivity contribution is 5.80. The lowest BCUT2D eigenvalue weighted by atomic mass is 9.86. The number of phenols is 1. The molecule has 0 fully saturated rings. The zero-order valence-corrected chi connectivity index (χ0v) is 17.5. The number of aromatic hydroxyl groups is 1. The van der Waals surface area contributed by atoms with Gasteiger partial charge in [-0.2, -0.15) is 0 Å². The zero-order chi connectivity index (χ0) is 21.2. The number of nitrogens with zero attached hydrogens (tertiary/aromatic N) is 1. The lowest BCUT2D eigenvalue weighted by molar-refractivity contribution is 0.0412. The van der Waals surface area contributed by atoms with E-state index in [1.165, 1.54) is 0 Å². The van der Waals surface area contributed by atoms with Gasteiger partial charge in [0.1, 0.15) is 22.8 Å². The van der Waals surface area contributed by atoms with Crippen LogP contribution in [0, 0.1) is 20.8 Å². The number of ether oxygens (including phenoxy) is 2. The van der Waals surface area contributed by atoms with Crippen molar-refractivity contribution in [3.8, 4) is 17.2 Å². The van der Waals surface area contributed by atoms with E-state index in [2.05, 4.69) is 17.3 Å². The van der Waals surface area contributed by atoms with E-state index >= 15 is 0 Å². The van der Waals surface area contributed by atoms with Crippen molar-refractivity contribution in [2.24, 2.45) is 16.6 Å². The number of hydrogen-bond donors (Lipinski definition) is 4. The predicted octanol–water partition coefficient (Wildman–Crippen LogP) is 3.28. The maximum absolute atomic E-state index is 10.3. The maximum atomic E-state index is 10.3. The molecule has 0 aliphatic carbocycles. The molecular formula is C22H30N4O3. The van der Waals surface area contributed by atoms with Gasteiger partial charge in [0.25, 0.3) is 0 Å². The number of benzene rings is 2. The molecule has 7 nitrogen and oxygen atoms in total. The Morgan fingerprint density at radius 1 is 1.28 bits per heavy atom. The third-order valence-corrected chi connectivity index (χ3v) is 5.71. The maximum Gasteiger partial charge on any atom is 0.208 e. The van der Waals surface area contributed by atoms with Gasteiger partial charge in [0.05, 0.1) is 12.3 Å². The Hall–Kier alpha value is -2.93. The summed E-state index contributed by atoms with van der Waals surface area (Å²) >= 11 is 0. The van der Waals surface area contributed by atoms with Crippen molar-refractivity contribution in [2.75, 3.05) is 6.61 Å². The van der Waals surface area contributed by atoms with E-state index in [1.54, 1.807) is 0 Å². The van der Waals surface area contributed by atoms with Crippen LogP contribution in [-0.2, 0) is 6.42 Å². The topological polar surface area (TPSA) is 115 Å². The van der Waals surface area contributed by atoms with Crippen molar-refractivity contribution in [3.63, 3.8) is 0 Å². The van der Waals surface area contributed by atoms with Crippen molar-refractivity contribution in [2.45, 2.75) is 52.6 Å². The fourth-order valence-corrected chi connectivity index (χ4v) is 3.67. The Kier molecular flexibility index (Phi) is 5.88. The van der Waals surface area contributed by atoms with Gasteiger partial charge in [-0.25, -0.2) is 10.8 Å². The summed E-state index contributed by atoms with van der Waals surface area (Å²) < 4.78 is 12.4. The Labute approximate surface area is 171 Å². The summed E-state index contributed by atoms with van der Waals surface area (Å²) in [6.45, 7) is 8.52. The molecule has 0 aromatic heterocycles. The standard InChI is InChI=1S/C22H30N4O3/c1-13-14(2)20-18(15(3)19(13)27)8-9-22(4,29-20)10-11-28-17-7-5-6-16(12-17)25-21(23)26-24/h5-7,12,27H,8-11,24H2,1-4H3,(H3,23,25,26). The second-order valence-corrected chi connectivity index (χ2v) is 7.82. The number of hydrogen-bond acceptors (Lipinski definition) is 5. The second-order valence-electron chi connectivity index (χ2n) is 7.82. The van der Waals surface area contributed by atoms with Crippen LogP contribution < -0.4 is 26.5 Å². The molecule has 2 aromatic carbocycles. The molecule has 0 saturated carbocycles. The molecule has 7 heteroatoms. The number of phenolic OH excluding ortho intramolecular Hbond substituents is 1. The normalized spacial score (nSPS) is 18.7. The molecule has 1 aliphatic heterocycles. The molecule has 0 bridgehead atoms. The number of hydrazine groups is 1. The minimum Gasteiger partial charge on any atom is -0.507 e. The van der Waals surface area contributed by atoms with Gasteiger partial charge in [-0.1, -0.05) is 6.07 Å². The minimum absolute atomic E-state index is 0.135. The first kappa shape index (κ1) is 20.8. The molecule has 6 N–H and O–H groups in total. The van der Waals surface area contributed by atoms with Gasteiger partial charge in [0, 0.05) is 18.1 Å². The average Bonchev–Trinajstić information content (AvgIpc) is 2.70. The van der Waals surface area contributed by atoms with Gasteiger partial charge in [-0.15, -0.1) is 0 Å². The molecule has 2 aromatic rings. The summed E-state index contributed by atoms with van der Waals surface area (Å²) in [7, 11) is 0. The van der Waals surface area contributed by atoms with Crippen LogP contribution in [-0.4, -0.2) is 23.3 Å². The van der Waals surface area contributed by atoms with Gasteiger partial charge < -0.3 is 20.3 Å². The minimum atomic E-state index is -0.322. The highest BCUT2D eigenvalue weighted by Gasteiger charge is 2.34. The lowest BCUT2D eigenvalue weighted by Gasteiger charge is -2.38. The largest absolute Gasteiger partial charge is 0.507 e. The van der Waals surface area contributed by atoms with Crippen molar-refractivity contribution >= 4 is 11.6 Å². The highest BCUT2D eigenvalue weighted by Crippen LogP contribution is 2.44. The van der Waals surface area contributed by atoms with Crippen LogP contribution in [0.2, 0.25) is 0 Å². The molecule has 29 heavy (non-hydrogen) atoms. The fourth-order valence-electron chi connectivity index (χ4n) is 3.67. The third-order valence-electron chi connectivity index (χ3n) is 5.71. The fraction of sp³-hybridized carbons (Fsp3) is 0.409. The van der Waals surface area contributed by atoms with Gasteiger partial charge in [0.2, 0.25) is 5.96 Å². The first-order valence-electron chi connectivity index (χ1n) is 9.78. The number of rotatable bonds is 5. The number of guanidine groups is 1. The summed E-state index contributed by atoms with van der Waals surface area (Å²) in [5, 5.41) is 10.3. The molecule has 0 amide bonds. The number of fused-ring (bicyclic) bond motifs is 1. The van der Waals surface area contributed by atoms with E-state index in [9.17, 15) is 5.11 Å². The Bertz CT molecular complexity index is 942. The smallest absolute Gasteiger partial charge is 0.208 e. The molecule has 0 saturated heterocycles. The molecule has 1 heterocycles. The number of nitrogens with one attached hydrogen (secondary N) is 1. The van der Waals surface area contributed by atoms with Crippen molar-refractivity contribution in [1.29, 1.82) is 0 Å². The first-order chi connectivity index (χ1) is 13.7. The molecule has 1 unspecified atom stereocenters. The van der Waals surface area contributed by atoms with Gasteiger partial charge in [0.15, 0.2) is 0 Å². The van der Waals surface area contributed by atoms with Crippen molar-refractivity contribution in [3.05, 3.63) is 46.5 Å². The van der Waals surface area contributed by atoms with Gasteiger partial charge >= 0.3 is 0 Å². The van der Waals surface area contributed by atoms with E-state index in [-0.39, 0.29) is 11.6 Å².